The number of nitro benzene ring substituents is 1. The molecule has 0 saturated heterocycles. The zero-order valence-electron chi connectivity index (χ0n) is 14.1. The number of pyridine rings is 1. The van der Waals surface area contributed by atoms with Gasteiger partial charge in [0.05, 0.1) is 16.6 Å². The summed E-state index contributed by atoms with van der Waals surface area (Å²) < 4.78 is 31.6. The highest BCUT2D eigenvalue weighted by atomic mass is 32.2. The van der Waals surface area contributed by atoms with Gasteiger partial charge in [-0.2, -0.15) is 0 Å². The van der Waals surface area contributed by atoms with E-state index in [9.17, 15) is 23.3 Å². The number of hydrogen-bond acceptors (Lipinski definition) is 7. The van der Waals surface area contributed by atoms with Crippen molar-refractivity contribution in [3.63, 3.8) is 0 Å². The second-order valence-electron chi connectivity index (χ2n) is 5.63. The molecule has 0 aliphatic rings. The highest BCUT2D eigenvalue weighted by Gasteiger charge is 2.22. The van der Waals surface area contributed by atoms with Crippen LogP contribution in [0.2, 0.25) is 0 Å². The lowest BCUT2D eigenvalue weighted by Crippen LogP contribution is -2.31. The zero-order chi connectivity index (χ0) is 19.3. The molecule has 0 fully saturated rings. The standard InChI is InChI=1S/C16H17N3O6S/c1-11(2)25-15-8-7-12(9-17-15)16(20)18-26(23,24)10-13-5-3-4-6-14(13)19(21)22/h3-9,11H,10H2,1-2H3,(H,18,20). The number of benzene rings is 1. The number of amides is 1. The summed E-state index contributed by atoms with van der Waals surface area (Å²) in [5.74, 6) is -1.27. The minimum absolute atomic E-state index is 0.0170. The monoisotopic (exact) mass is 379 g/mol. The lowest BCUT2D eigenvalue weighted by molar-refractivity contribution is -0.385. The number of aromatic nitrogens is 1. The van der Waals surface area contributed by atoms with Crippen molar-refractivity contribution < 1.29 is 22.9 Å². The minimum Gasteiger partial charge on any atom is -0.475 e. The molecule has 0 aliphatic heterocycles. The van der Waals surface area contributed by atoms with E-state index in [0.717, 1.165) is 0 Å². The molecule has 138 valence electrons. The minimum atomic E-state index is -4.13. The molecule has 1 N–H and O–H groups in total. The molecular formula is C16H17N3O6S. The molecule has 9 nitrogen and oxygen atoms in total. The van der Waals surface area contributed by atoms with Gasteiger partial charge in [-0.05, 0) is 19.9 Å². The predicted molar refractivity (Wildman–Crippen MR) is 93.2 cm³/mol. The van der Waals surface area contributed by atoms with Gasteiger partial charge in [0.2, 0.25) is 15.9 Å². The molecule has 0 saturated carbocycles. The van der Waals surface area contributed by atoms with E-state index in [2.05, 4.69) is 4.98 Å². The number of carbonyl (C=O) groups excluding carboxylic acids is 1. The van der Waals surface area contributed by atoms with E-state index < -0.39 is 26.6 Å². The van der Waals surface area contributed by atoms with Crippen LogP contribution in [0.15, 0.2) is 42.6 Å². The Morgan fingerprint density at radius 2 is 1.96 bits per heavy atom. The van der Waals surface area contributed by atoms with Crippen LogP contribution in [-0.4, -0.2) is 30.3 Å². The third-order valence-corrected chi connectivity index (χ3v) is 4.32. The van der Waals surface area contributed by atoms with Crippen LogP contribution in [0.3, 0.4) is 0 Å². The number of rotatable bonds is 7. The number of nitrogens with one attached hydrogen (secondary N) is 1. The van der Waals surface area contributed by atoms with Gasteiger partial charge < -0.3 is 4.74 Å². The van der Waals surface area contributed by atoms with Crippen LogP contribution >= 0.6 is 0 Å². The van der Waals surface area contributed by atoms with Crippen LogP contribution < -0.4 is 9.46 Å². The second kappa shape index (κ2) is 7.91. The zero-order valence-corrected chi connectivity index (χ0v) is 14.9. The van der Waals surface area contributed by atoms with Gasteiger partial charge in [-0.1, -0.05) is 18.2 Å². The Kier molecular flexibility index (Phi) is 5.88. The first-order valence-electron chi connectivity index (χ1n) is 7.58. The van der Waals surface area contributed by atoms with Gasteiger partial charge in [0.25, 0.3) is 11.6 Å². The summed E-state index contributed by atoms with van der Waals surface area (Å²) in [6.07, 6.45) is 1.09. The molecule has 10 heteroatoms. The number of ether oxygens (including phenoxy) is 1. The van der Waals surface area contributed by atoms with Crippen molar-refractivity contribution in [3.05, 3.63) is 63.8 Å². The molecule has 2 rings (SSSR count). The third kappa shape index (κ3) is 5.24. The summed E-state index contributed by atoms with van der Waals surface area (Å²) in [4.78, 5) is 26.3. The Balaban J connectivity index is 2.11. The molecule has 1 heterocycles. The van der Waals surface area contributed by atoms with Gasteiger partial charge >= 0.3 is 0 Å². The maximum Gasteiger partial charge on any atom is 0.273 e. The van der Waals surface area contributed by atoms with Gasteiger partial charge in [-0.15, -0.1) is 0 Å². The summed E-state index contributed by atoms with van der Waals surface area (Å²) in [5.41, 5.74) is -0.328. The van der Waals surface area contributed by atoms with Crippen LogP contribution in [0.1, 0.15) is 29.8 Å². The van der Waals surface area contributed by atoms with E-state index in [0.29, 0.717) is 5.88 Å². The van der Waals surface area contributed by atoms with Crippen LogP contribution in [0.4, 0.5) is 5.69 Å². The summed E-state index contributed by atoms with van der Waals surface area (Å²) in [6.45, 7) is 3.63. The maximum atomic E-state index is 12.2. The molecule has 2 aromatic rings. The fourth-order valence-corrected chi connectivity index (χ4v) is 3.20. The average Bonchev–Trinajstić information content (AvgIpc) is 2.54. The Morgan fingerprint density at radius 3 is 2.54 bits per heavy atom. The highest BCUT2D eigenvalue weighted by molar-refractivity contribution is 7.89. The Hall–Kier alpha value is -3.01. The normalized spacial score (nSPS) is 11.2. The first-order chi connectivity index (χ1) is 12.2. The van der Waals surface area contributed by atoms with Crippen LogP contribution in [-0.2, 0) is 15.8 Å². The number of nitro groups is 1. The van der Waals surface area contributed by atoms with Crippen molar-refractivity contribution in [2.45, 2.75) is 25.7 Å². The number of carbonyl (C=O) groups is 1. The van der Waals surface area contributed by atoms with Crippen molar-refractivity contribution in [2.24, 2.45) is 0 Å². The van der Waals surface area contributed by atoms with Gasteiger partial charge in [0, 0.05) is 23.9 Å². The number of para-hydroxylation sites is 1. The van der Waals surface area contributed by atoms with Gasteiger partial charge in [-0.3, -0.25) is 14.9 Å². The molecule has 1 aromatic carbocycles. The first-order valence-corrected chi connectivity index (χ1v) is 9.23. The molecule has 1 aromatic heterocycles. The maximum absolute atomic E-state index is 12.2. The highest BCUT2D eigenvalue weighted by Crippen LogP contribution is 2.20. The van der Waals surface area contributed by atoms with Gasteiger partial charge in [0.15, 0.2) is 0 Å². The molecule has 0 aliphatic carbocycles. The van der Waals surface area contributed by atoms with E-state index in [1.165, 1.54) is 42.6 Å². The Morgan fingerprint density at radius 1 is 1.27 bits per heavy atom. The lowest BCUT2D eigenvalue weighted by atomic mass is 10.2. The summed E-state index contributed by atoms with van der Waals surface area (Å²) in [5, 5.41) is 11.0. The molecule has 0 unspecified atom stereocenters. The van der Waals surface area contributed by atoms with Crippen LogP contribution in [0.25, 0.3) is 0 Å². The molecule has 0 spiro atoms. The molecule has 1 amide bonds. The fourth-order valence-electron chi connectivity index (χ4n) is 2.08. The summed E-state index contributed by atoms with van der Waals surface area (Å²) >= 11 is 0. The van der Waals surface area contributed by atoms with Crippen molar-refractivity contribution >= 4 is 21.6 Å². The van der Waals surface area contributed by atoms with Crippen LogP contribution in [0.5, 0.6) is 5.88 Å². The lowest BCUT2D eigenvalue weighted by Gasteiger charge is -2.09. The van der Waals surface area contributed by atoms with E-state index in [4.69, 9.17) is 4.74 Å². The molecule has 0 bridgehead atoms. The van der Waals surface area contributed by atoms with E-state index >= 15 is 0 Å². The number of sulfonamides is 1. The number of hydrogen-bond donors (Lipinski definition) is 1. The van der Waals surface area contributed by atoms with Crippen molar-refractivity contribution in [1.82, 2.24) is 9.71 Å². The van der Waals surface area contributed by atoms with Gasteiger partial charge in [-0.25, -0.2) is 18.1 Å². The SMILES string of the molecule is CC(C)Oc1ccc(C(=O)NS(=O)(=O)Cc2ccccc2[N+](=O)[O-])cn1. The second-order valence-corrected chi connectivity index (χ2v) is 7.35. The fraction of sp³-hybridized carbons (Fsp3) is 0.250. The molecular weight excluding hydrogens is 362 g/mol. The topological polar surface area (TPSA) is 128 Å². The Bertz CT molecular complexity index is 910. The summed E-state index contributed by atoms with van der Waals surface area (Å²) in [7, 11) is -4.13. The predicted octanol–water partition coefficient (Wildman–Crippen LogP) is 2.04. The first kappa shape index (κ1) is 19.3. The molecule has 0 radical (unpaired) electrons. The van der Waals surface area contributed by atoms with Crippen molar-refractivity contribution in [1.29, 1.82) is 0 Å². The smallest absolute Gasteiger partial charge is 0.273 e. The third-order valence-electron chi connectivity index (χ3n) is 3.14. The summed E-state index contributed by atoms with van der Waals surface area (Å²) in [6, 6.07) is 8.26. The quantitative estimate of drug-likeness (QED) is 0.575. The van der Waals surface area contributed by atoms with E-state index in [1.807, 2.05) is 18.6 Å². The van der Waals surface area contributed by atoms with Crippen molar-refractivity contribution in [2.75, 3.05) is 0 Å². The van der Waals surface area contributed by atoms with Crippen molar-refractivity contribution in [3.8, 4) is 5.88 Å². The molecule has 0 atom stereocenters. The largest absolute Gasteiger partial charge is 0.475 e. The Labute approximate surface area is 150 Å². The van der Waals surface area contributed by atoms with Crippen LogP contribution in [0, 0.1) is 10.1 Å². The number of nitrogens with zero attached hydrogens (tertiary/aromatic N) is 2. The molecule has 26 heavy (non-hydrogen) atoms. The van der Waals surface area contributed by atoms with Gasteiger partial charge in [0.1, 0.15) is 5.75 Å². The average molecular weight is 379 g/mol. The van der Waals surface area contributed by atoms with E-state index in [1.54, 1.807) is 0 Å². The van der Waals surface area contributed by atoms with E-state index in [-0.39, 0.29) is 22.9 Å².